The number of ether oxygens (including phenoxy) is 2. The van der Waals surface area contributed by atoms with E-state index < -0.39 is 17.7 Å². The minimum absolute atomic E-state index is 0.0162. The normalized spacial score (nSPS) is 17.4. The van der Waals surface area contributed by atoms with Crippen molar-refractivity contribution in [3.05, 3.63) is 89.5 Å². The molecule has 0 aliphatic carbocycles. The van der Waals surface area contributed by atoms with Gasteiger partial charge in [-0.25, -0.2) is 4.98 Å². The monoisotopic (exact) mass is 472 g/mol. The molecule has 5 rings (SSSR count). The topological polar surface area (TPSA) is 89.0 Å². The number of rotatable bonds is 5. The van der Waals surface area contributed by atoms with Crippen molar-refractivity contribution in [1.29, 1.82) is 0 Å². The molecule has 8 heteroatoms. The number of ketones is 1. The number of hydrogen-bond donors (Lipinski definition) is 1. The summed E-state index contributed by atoms with van der Waals surface area (Å²) < 4.78 is 11.7. The molecule has 1 aliphatic rings. The number of amides is 1. The average Bonchev–Trinajstić information content (AvgIpc) is 3.41. The van der Waals surface area contributed by atoms with Gasteiger partial charge in [0.2, 0.25) is 0 Å². The van der Waals surface area contributed by atoms with Gasteiger partial charge in [0.25, 0.3) is 5.78 Å². The Hall–Kier alpha value is -4.17. The number of aliphatic hydroxyl groups is 1. The first-order valence-electron chi connectivity index (χ1n) is 10.5. The fourth-order valence-corrected chi connectivity index (χ4v) is 5.11. The minimum atomic E-state index is -0.918. The fraction of sp³-hybridized carbons (Fsp3) is 0.115. The fourth-order valence-electron chi connectivity index (χ4n) is 4.09. The average molecular weight is 473 g/mol. The van der Waals surface area contributed by atoms with E-state index in [4.69, 9.17) is 9.47 Å². The molecular formula is C26H20N2O5S. The summed E-state index contributed by atoms with van der Waals surface area (Å²) in [7, 11) is 3.10. The largest absolute Gasteiger partial charge is 0.507 e. The lowest BCUT2D eigenvalue weighted by atomic mass is 9.95. The second-order valence-electron chi connectivity index (χ2n) is 7.61. The zero-order chi connectivity index (χ0) is 23.8. The van der Waals surface area contributed by atoms with Crippen molar-refractivity contribution in [1.82, 2.24) is 4.98 Å². The minimum Gasteiger partial charge on any atom is -0.507 e. The highest BCUT2D eigenvalue weighted by Gasteiger charge is 2.49. The number of anilines is 1. The predicted molar refractivity (Wildman–Crippen MR) is 130 cm³/mol. The Kier molecular flexibility index (Phi) is 5.51. The number of methoxy groups -OCH3 is 2. The number of thiazole rings is 1. The smallest absolute Gasteiger partial charge is 0.301 e. The van der Waals surface area contributed by atoms with Gasteiger partial charge >= 0.3 is 5.91 Å². The SMILES string of the molecule is COc1ccc2nc(N3C(=O)C(=O)/C(=C(/O)c4ccccc4)[C@@H]3c3ccccc3OC)sc2c1. The highest BCUT2D eigenvalue weighted by atomic mass is 32.1. The van der Waals surface area contributed by atoms with Crippen LogP contribution in [0.3, 0.4) is 0 Å². The lowest BCUT2D eigenvalue weighted by Crippen LogP contribution is -2.29. The number of aliphatic hydroxyl groups excluding tert-OH is 1. The molecule has 3 aromatic carbocycles. The Bertz CT molecular complexity index is 1440. The number of aromatic nitrogens is 1. The second-order valence-corrected chi connectivity index (χ2v) is 8.62. The van der Waals surface area contributed by atoms with E-state index >= 15 is 0 Å². The number of carbonyl (C=O) groups is 2. The summed E-state index contributed by atoms with van der Waals surface area (Å²) in [4.78, 5) is 32.6. The van der Waals surface area contributed by atoms with Crippen molar-refractivity contribution in [3.63, 3.8) is 0 Å². The van der Waals surface area contributed by atoms with E-state index in [9.17, 15) is 14.7 Å². The zero-order valence-corrected chi connectivity index (χ0v) is 19.2. The maximum atomic E-state index is 13.4. The van der Waals surface area contributed by atoms with Crippen LogP contribution in [0.25, 0.3) is 16.0 Å². The van der Waals surface area contributed by atoms with E-state index in [1.807, 2.05) is 12.1 Å². The molecule has 0 bridgehead atoms. The quantitative estimate of drug-likeness (QED) is 0.251. The van der Waals surface area contributed by atoms with Crippen molar-refractivity contribution in [2.24, 2.45) is 0 Å². The van der Waals surface area contributed by atoms with Crippen LogP contribution >= 0.6 is 11.3 Å². The summed E-state index contributed by atoms with van der Waals surface area (Å²) in [6, 6.07) is 20.3. The first-order chi connectivity index (χ1) is 16.5. The summed E-state index contributed by atoms with van der Waals surface area (Å²) in [6.07, 6.45) is 0. The van der Waals surface area contributed by atoms with Crippen LogP contribution in [0.5, 0.6) is 11.5 Å². The van der Waals surface area contributed by atoms with E-state index in [1.165, 1.54) is 23.3 Å². The molecule has 0 spiro atoms. The molecule has 1 N–H and O–H groups in total. The molecule has 170 valence electrons. The van der Waals surface area contributed by atoms with Crippen molar-refractivity contribution in [3.8, 4) is 11.5 Å². The van der Waals surface area contributed by atoms with E-state index in [0.29, 0.717) is 33.3 Å². The van der Waals surface area contributed by atoms with Gasteiger partial charge in [0.05, 0.1) is 30.0 Å². The van der Waals surface area contributed by atoms with E-state index in [1.54, 1.807) is 67.8 Å². The van der Waals surface area contributed by atoms with Crippen LogP contribution < -0.4 is 14.4 Å². The van der Waals surface area contributed by atoms with Gasteiger partial charge in [-0.05, 0) is 24.3 Å². The number of hydrogen-bond acceptors (Lipinski definition) is 7. The highest BCUT2D eigenvalue weighted by Crippen LogP contribution is 2.46. The van der Waals surface area contributed by atoms with Crippen LogP contribution in [-0.2, 0) is 9.59 Å². The number of fused-ring (bicyclic) bond motifs is 1. The number of carbonyl (C=O) groups excluding carboxylic acids is 2. The Morgan fingerprint density at radius 2 is 1.71 bits per heavy atom. The van der Waals surface area contributed by atoms with Gasteiger partial charge in [-0.2, -0.15) is 0 Å². The van der Waals surface area contributed by atoms with Gasteiger partial charge < -0.3 is 14.6 Å². The van der Waals surface area contributed by atoms with Gasteiger partial charge in [0, 0.05) is 11.1 Å². The van der Waals surface area contributed by atoms with E-state index in [-0.39, 0.29) is 11.3 Å². The van der Waals surface area contributed by atoms with Crippen molar-refractivity contribution >= 4 is 44.1 Å². The van der Waals surface area contributed by atoms with Crippen LogP contribution in [0.15, 0.2) is 78.4 Å². The third-order valence-electron chi connectivity index (χ3n) is 5.72. The Labute approximate surface area is 199 Å². The first-order valence-corrected chi connectivity index (χ1v) is 11.3. The second kappa shape index (κ2) is 8.64. The summed E-state index contributed by atoms with van der Waals surface area (Å²) in [5.41, 5.74) is 1.66. The molecule has 1 fully saturated rings. The maximum absolute atomic E-state index is 13.4. The molecular weight excluding hydrogens is 452 g/mol. The third-order valence-corrected chi connectivity index (χ3v) is 6.73. The molecule has 1 aliphatic heterocycles. The number of benzene rings is 3. The number of Topliss-reactive ketones (excluding diaryl/α,β-unsaturated/α-hetero) is 1. The number of para-hydroxylation sites is 1. The van der Waals surface area contributed by atoms with Crippen LogP contribution in [0, 0.1) is 0 Å². The van der Waals surface area contributed by atoms with Crippen LogP contribution in [0.2, 0.25) is 0 Å². The molecule has 34 heavy (non-hydrogen) atoms. The molecule has 0 saturated carbocycles. The van der Waals surface area contributed by atoms with Crippen LogP contribution in [-0.4, -0.2) is 36.0 Å². The molecule has 0 radical (unpaired) electrons. The Morgan fingerprint density at radius 1 is 0.971 bits per heavy atom. The Morgan fingerprint density at radius 3 is 2.44 bits per heavy atom. The molecule has 4 aromatic rings. The van der Waals surface area contributed by atoms with Gasteiger partial charge in [0.1, 0.15) is 23.3 Å². The van der Waals surface area contributed by atoms with Gasteiger partial charge in [-0.1, -0.05) is 59.9 Å². The maximum Gasteiger partial charge on any atom is 0.301 e. The molecule has 1 atom stereocenters. The summed E-state index contributed by atoms with van der Waals surface area (Å²) in [6.45, 7) is 0. The third kappa shape index (κ3) is 3.48. The Balaban J connectivity index is 1.75. The zero-order valence-electron chi connectivity index (χ0n) is 18.4. The lowest BCUT2D eigenvalue weighted by molar-refractivity contribution is -0.132. The molecule has 2 heterocycles. The van der Waals surface area contributed by atoms with Gasteiger partial charge in [-0.15, -0.1) is 0 Å². The summed E-state index contributed by atoms with van der Waals surface area (Å²) >= 11 is 1.27. The predicted octanol–water partition coefficient (Wildman–Crippen LogP) is 4.94. The van der Waals surface area contributed by atoms with Crippen LogP contribution in [0.1, 0.15) is 17.2 Å². The summed E-state index contributed by atoms with van der Waals surface area (Å²) in [5.74, 6) is -0.648. The first kappa shape index (κ1) is 21.7. The lowest BCUT2D eigenvalue weighted by Gasteiger charge is -2.24. The van der Waals surface area contributed by atoms with Crippen molar-refractivity contribution < 1.29 is 24.2 Å². The number of nitrogens with zero attached hydrogens (tertiary/aromatic N) is 2. The van der Waals surface area contributed by atoms with Crippen LogP contribution in [0.4, 0.5) is 5.13 Å². The van der Waals surface area contributed by atoms with Gasteiger partial charge in [-0.3, -0.25) is 14.5 Å². The van der Waals surface area contributed by atoms with Gasteiger partial charge in [0.15, 0.2) is 5.13 Å². The molecule has 7 nitrogen and oxygen atoms in total. The van der Waals surface area contributed by atoms with E-state index in [0.717, 1.165) is 4.70 Å². The highest BCUT2D eigenvalue weighted by molar-refractivity contribution is 7.22. The molecule has 0 unspecified atom stereocenters. The molecule has 1 saturated heterocycles. The van der Waals surface area contributed by atoms with Crippen molar-refractivity contribution in [2.45, 2.75) is 6.04 Å². The standard InChI is InChI=1S/C26H20N2O5S/c1-32-16-12-13-18-20(14-16)34-26(27-18)28-22(17-10-6-7-11-19(17)33-2)21(24(30)25(28)31)23(29)15-8-4-3-5-9-15/h3-14,22,29H,1-2H3/b23-21+/t22-/m0/s1. The molecule has 1 aromatic heterocycles. The molecule has 1 amide bonds. The van der Waals surface area contributed by atoms with E-state index in [2.05, 4.69) is 4.98 Å². The summed E-state index contributed by atoms with van der Waals surface area (Å²) in [5, 5.41) is 11.5. The van der Waals surface area contributed by atoms with Crippen molar-refractivity contribution in [2.75, 3.05) is 19.1 Å².